The summed E-state index contributed by atoms with van der Waals surface area (Å²) in [5.41, 5.74) is 7.29. The van der Waals surface area contributed by atoms with Gasteiger partial charge in [0.1, 0.15) is 0 Å². The maximum atomic E-state index is 12.0. The van der Waals surface area contributed by atoms with Crippen LogP contribution in [0.4, 0.5) is 0 Å². The van der Waals surface area contributed by atoms with Gasteiger partial charge in [0.2, 0.25) is 0 Å². The van der Waals surface area contributed by atoms with Crippen molar-refractivity contribution >= 4 is 47.4 Å². The maximum Gasteiger partial charge on any atom is 0.271 e. The van der Waals surface area contributed by atoms with E-state index in [2.05, 4.69) is 21.1 Å². The van der Waals surface area contributed by atoms with Crippen LogP contribution in [0.5, 0.6) is 0 Å². The molecule has 0 aliphatic heterocycles. The van der Waals surface area contributed by atoms with Gasteiger partial charge in [-0.1, -0.05) is 59.6 Å². The number of rotatable bonds is 6. The SMILES string of the molecule is O=C(NN=Cc1ccc(C=NNC(=O)c2cccc(Cl)c2)cc1)c1cccc(Cl)c1. The van der Waals surface area contributed by atoms with Gasteiger partial charge in [0.25, 0.3) is 11.8 Å². The van der Waals surface area contributed by atoms with Crippen LogP contribution in [-0.4, -0.2) is 24.2 Å². The predicted octanol–water partition coefficient (Wildman–Crippen LogP) is 4.52. The van der Waals surface area contributed by atoms with E-state index >= 15 is 0 Å². The first-order valence-corrected chi connectivity index (χ1v) is 9.55. The van der Waals surface area contributed by atoms with Crippen LogP contribution in [0, 0.1) is 0 Å². The molecule has 2 amide bonds. The van der Waals surface area contributed by atoms with Crippen molar-refractivity contribution < 1.29 is 9.59 Å². The Hall–Kier alpha value is -3.48. The lowest BCUT2D eigenvalue weighted by Crippen LogP contribution is -2.17. The lowest BCUT2D eigenvalue weighted by Gasteiger charge is -2.01. The molecule has 0 heterocycles. The fourth-order valence-corrected chi connectivity index (χ4v) is 2.77. The van der Waals surface area contributed by atoms with Gasteiger partial charge in [-0.05, 0) is 47.5 Å². The number of hydrogen-bond donors (Lipinski definition) is 2. The molecule has 0 saturated heterocycles. The molecule has 30 heavy (non-hydrogen) atoms. The van der Waals surface area contributed by atoms with Crippen molar-refractivity contribution in [2.75, 3.05) is 0 Å². The Morgan fingerprint density at radius 1 is 0.667 bits per heavy atom. The topological polar surface area (TPSA) is 82.9 Å². The third kappa shape index (κ3) is 6.27. The minimum absolute atomic E-state index is 0.354. The molecule has 0 spiro atoms. The van der Waals surface area contributed by atoms with E-state index in [1.165, 1.54) is 12.4 Å². The van der Waals surface area contributed by atoms with E-state index < -0.39 is 0 Å². The minimum atomic E-state index is -0.354. The van der Waals surface area contributed by atoms with Gasteiger partial charge in [-0.15, -0.1) is 0 Å². The van der Waals surface area contributed by atoms with Crippen molar-refractivity contribution in [1.82, 2.24) is 10.9 Å². The van der Waals surface area contributed by atoms with Gasteiger partial charge in [0.05, 0.1) is 12.4 Å². The van der Waals surface area contributed by atoms with E-state index in [1.807, 2.05) is 0 Å². The number of carbonyl (C=O) groups excluding carboxylic acids is 2. The number of amides is 2. The van der Waals surface area contributed by atoms with E-state index in [4.69, 9.17) is 23.2 Å². The number of hydrogen-bond acceptors (Lipinski definition) is 4. The fourth-order valence-electron chi connectivity index (χ4n) is 2.39. The molecule has 2 N–H and O–H groups in total. The van der Waals surface area contributed by atoms with Crippen LogP contribution >= 0.6 is 23.2 Å². The minimum Gasteiger partial charge on any atom is -0.267 e. The summed E-state index contributed by atoms with van der Waals surface area (Å²) >= 11 is 11.7. The Kier molecular flexibility index (Phi) is 7.32. The molecule has 3 rings (SSSR count). The zero-order valence-corrected chi connectivity index (χ0v) is 17.1. The molecule has 0 fully saturated rings. The van der Waals surface area contributed by atoms with Gasteiger partial charge in [-0.3, -0.25) is 9.59 Å². The smallest absolute Gasteiger partial charge is 0.267 e. The Labute approximate surface area is 183 Å². The second-order valence-electron chi connectivity index (χ2n) is 6.09. The molecule has 6 nitrogen and oxygen atoms in total. The first-order chi connectivity index (χ1) is 14.5. The number of carbonyl (C=O) groups is 2. The van der Waals surface area contributed by atoms with Crippen LogP contribution in [0.15, 0.2) is 83.0 Å². The Morgan fingerprint density at radius 3 is 1.43 bits per heavy atom. The maximum absolute atomic E-state index is 12.0. The molecular formula is C22H16Cl2N4O2. The molecular weight excluding hydrogens is 423 g/mol. The molecule has 0 unspecified atom stereocenters. The highest BCUT2D eigenvalue weighted by Crippen LogP contribution is 2.11. The second-order valence-corrected chi connectivity index (χ2v) is 6.96. The average molecular weight is 439 g/mol. The molecule has 0 saturated carbocycles. The summed E-state index contributed by atoms with van der Waals surface area (Å²) in [6.45, 7) is 0. The van der Waals surface area contributed by atoms with Crippen molar-refractivity contribution in [2.45, 2.75) is 0 Å². The summed E-state index contributed by atoms with van der Waals surface area (Å²) in [5.74, 6) is -0.708. The summed E-state index contributed by atoms with van der Waals surface area (Å²) in [4.78, 5) is 24.0. The van der Waals surface area contributed by atoms with Gasteiger partial charge in [0, 0.05) is 21.2 Å². The monoisotopic (exact) mass is 438 g/mol. The molecule has 150 valence electrons. The second kappa shape index (κ2) is 10.3. The largest absolute Gasteiger partial charge is 0.271 e. The molecule has 0 bridgehead atoms. The zero-order chi connectivity index (χ0) is 21.3. The summed E-state index contributed by atoms with van der Waals surface area (Å²) in [5, 5.41) is 8.83. The van der Waals surface area contributed by atoms with Crippen molar-refractivity contribution in [2.24, 2.45) is 10.2 Å². The molecule has 0 aliphatic carbocycles. The quantitative estimate of drug-likeness (QED) is 0.437. The van der Waals surface area contributed by atoms with Gasteiger partial charge in [0.15, 0.2) is 0 Å². The molecule has 0 aliphatic rings. The van der Waals surface area contributed by atoms with E-state index in [1.54, 1.807) is 72.8 Å². The highest BCUT2D eigenvalue weighted by molar-refractivity contribution is 6.31. The van der Waals surface area contributed by atoms with Gasteiger partial charge in [-0.2, -0.15) is 10.2 Å². The van der Waals surface area contributed by atoms with Crippen molar-refractivity contribution in [1.29, 1.82) is 0 Å². The van der Waals surface area contributed by atoms with Crippen LogP contribution in [0.25, 0.3) is 0 Å². The zero-order valence-electron chi connectivity index (χ0n) is 15.5. The van der Waals surface area contributed by atoms with Gasteiger partial charge in [-0.25, -0.2) is 10.9 Å². The fraction of sp³-hybridized carbons (Fsp3) is 0. The summed E-state index contributed by atoms with van der Waals surface area (Å²) in [6, 6.07) is 20.4. The molecule has 3 aromatic carbocycles. The van der Waals surface area contributed by atoms with Crippen molar-refractivity contribution in [3.05, 3.63) is 105 Å². The molecule has 0 radical (unpaired) electrons. The first-order valence-electron chi connectivity index (χ1n) is 8.79. The van der Waals surface area contributed by atoms with Crippen LogP contribution in [0.3, 0.4) is 0 Å². The van der Waals surface area contributed by atoms with E-state index in [0.717, 1.165) is 11.1 Å². The lowest BCUT2D eigenvalue weighted by molar-refractivity contribution is 0.0947. The normalized spacial score (nSPS) is 11.0. The summed E-state index contributed by atoms with van der Waals surface area (Å²) in [7, 11) is 0. The Balaban J connectivity index is 1.52. The number of nitrogens with one attached hydrogen (secondary N) is 2. The molecule has 0 atom stereocenters. The van der Waals surface area contributed by atoms with Gasteiger partial charge >= 0.3 is 0 Å². The molecule has 0 aromatic heterocycles. The van der Waals surface area contributed by atoms with Gasteiger partial charge < -0.3 is 0 Å². The summed E-state index contributed by atoms with van der Waals surface area (Å²) in [6.07, 6.45) is 3.04. The van der Waals surface area contributed by atoms with E-state index in [0.29, 0.717) is 21.2 Å². The van der Waals surface area contributed by atoms with Crippen molar-refractivity contribution in [3.8, 4) is 0 Å². The average Bonchev–Trinajstić information content (AvgIpc) is 2.74. The van der Waals surface area contributed by atoms with Crippen LogP contribution < -0.4 is 10.9 Å². The number of hydrazone groups is 2. The summed E-state index contributed by atoms with van der Waals surface area (Å²) < 4.78 is 0. The van der Waals surface area contributed by atoms with Crippen molar-refractivity contribution in [3.63, 3.8) is 0 Å². The number of nitrogens with zero attached hydrogens (tertiary/aromatic N) is 2. The molecule has 3 aromatic rings. The van der Waals surface area contributed by atoms with E-state index in [9.17, 15) is 9.59 Å². The van der Waals surface area contributed by atoms with Crippen LogP contribution in [0.2, 0.25) is 10.0 Å². The first kappa shape index (κ1) is 21.2. The third-order valence-electron chi connectivity index (χ3n) is 3.87. The third-order valence-corrected chi connectivity index (χ3v) is 4.34. The van der Waals surface area contributed by atoms with E-state index in [-0.39, 0.29) is 11.8 Å². The highest BCUT2D eigenvalue weighted by atomic mass is 35.5. The standard InChI is InChI=1S/C22H16Cl2N4O2/c23-19-5-1-3-17(11-19)21(29)27-25-13-15-7-9-16(10-8-15)14-26-28-22(30)18-4-2-6-20(24)12-18/h1-14H,(H,27,29)(H,28,30). The number of benzene rings is 3. The Bertz CT molecular complexity index is 1020. The van der Waals surface area contributed by atoms with Crippen LogP contribution in [-0.2, 0) is 0 Å². The lowest BCUT2D eigenvalue weighted by atomic mass is 10.2. The number of halogens is 2. The predicted molar refractivity (Wildman–Crippen MR) is 119 cm³/mol. The highest BCUT2D eigenvalue weighted by Gasteiger charge is 2.04. The Morgan fingerprint density at radius 2 is 1.07 bits per heavy atom. The molecule has 8 heteroatoms. The van der Waals surface area contributed by atoms with Crippen LogP contribution in [0.1, 0.15) is 31.8 Å².